The van der Waals surface area contributed by atoms with Crippen molar-refractivity contribution in [3.8, 4) is 0 Å². The summed E-state index contributed by atoms with van der Waals surface area (Å²) in [4.78, 5) is 14.8. The average molecular weight is 291 g/mol. The molecule has 0 unspecified atom stereocenters. The Hall–Kier alpha value is -0.870. The van der Waals surface area contributed by atoms with Crippen molar-refractivity contribution in [3.63, 3.8) is 0 Å². The summed E-state index contributed by atoms with van der Waals surface area (Å²) in [6.07, 6.45) is 4.50. The van der Waals surface area contributed by atoms with Gasteiger partial charge in [-0.15, -0.1) is 0 Å². The number of ether oxygens (including phenoxy) is 1. The molecule has 0 amide bonds. The number of hydrogen-bond acceptors (Lipinski definition) is 4. The Morgan fingerprint density at radius 2 is 2.24 bits per heavy atom. The number of rotatable bonds is 1. The number of carbonyl (C=O) groups excluding carboxylic acids is 1. The minimum atomic E-state index is -0.396. The van der Waals surface area contributed by atoms with Gasteiger partial charge in [-0.2, -0.15) is 0 Å². The first-order chi connectivity index (χ1) is 10.1. The minimum Gasteiger partial charge on any atom is -0.466 e. The molecule has 116 valence electrons. The Morgan fingerprint density at radius 3 is 3.00 bits per heavy atom. The van der Waals surface area contributed by atoms with E-state index in [0.29, 0.717) is 24.2 Å². The number of nitrogens with zero attached hydrogens (tertiary/aromatic N) is 1. The Labute approximate surface area is 126 Å². The number of fused-ring (bicyclic) bond motifs is 1. The van der Waals surface area contributed by atoms with Gasteiger partial charge in [0.25, 0.3) is 0 Å². The van der Waals surface area contributed by atoms with Crippen LogP contribution < -0.4 is 0 Å². The number of aliphatic hydroxyl groups is 1. The van der Waals surface area contributed by atoms with Crippen LogP contribution in [0.25, 0.3) is 0 Å². The second kappa shape index (κ2) is 4.56. The van der Waals surface area contributed by atoms with Gasteiger partial charge in [-0.1, -0.05) is 6.92 Å². The summed E-state index contributed by atoms with van der Waals surface area (Å²) < 4.78 is 5.01. The fourth-order valence-electron chi connectivity index (χ4n) is 5.77. The molecule has 4 nitrogen and oxygen atoms in total. The SMILES string of the molecule is COC(=O)C1=C2C[C@H]3CN4CCC[C@H]([C@H](O)C1)[C@@]24C[C@H]3C. The molecular weight excluding hydrogens is 266 g/mol. The number of aliphatic hydroxyl groups excluding tert-OH is 1. The van der Waals surface area contributed by atoms with Gasteiger partial charge in [-0.05, 0) is 49.6 Å². The Bertz CT molecular complexity index is 514. The number of hydrogen-bond donors (Lipinski definition) is 1. The Kier molecular flexibility index (Phi) is 2.99. The molecule has 3 heterocycles. The van der Waals surface area contributed by atoms with Crippen LogP contribution in [0.1, 0.15) is 39.0 Å². The lowest BCUT2D eigenvalue weighted by atomic mass is 9.51. The highest BCUT2D eigenvalue weighted by Crippen LogP contribution is 2.59. The maximum Gasteiger partial charge on any atom is 0.333 e. The van der Waals surface area contributed by atoms with Crippen LogP contribution >= 0.6 is 0 Å². The van der Waals surface area contributed by atoms with Gasteiger partial charge in [0, 0.05) is 30.0 Å². The van der Waals surface area contributed by atoms with E-state index < -0.39 is 6.10 Å². The van der Waals surface area contributed by atoms with Crippen molar-refractivity contribution in [1.82, 2.24) is 4.90 Å². The van der Waals surface area contributed by atoms with Crippen molar-refractivity contribution in [2.24, 2.45) is 17.8 Å². The zero-order valence-electron chi connectivity index (χ0n) is 13.0. The van der Waals surface area contributed by atoms with E-state index >= 15 is 0 Å². The predicted octanol–water partition coefficient (Wildman–Crippen LogP) is 1.73. The third kappa shape index (κ3) is 1.66. The molecule has 4 heteroatoms. The van der Waals surface area contributed by atoms with Gasteiger partial charge in [-0.3, -0.25) is 4.90 Å². The second-order valence-corrected chi connectivity index (χ2v) is 7.48. The van der Waals surface area contributed by atoms with Crippen molar-refractivity contribution in [2.45, 2.75) is 50.7 Å². The van der Waals surface area contributed by atoms with Crippen LogP contribution in [0.15, 0.2) is 11.1 Å². The molecule has 4 fully saturated rings. The van der Waals surface area contributed by atoms with Crippen LogP contribution in [-0.4, -0.2) is 47.8 Å². The van der Waals surface area contributed by atoms with Crippen LogP contribution in [0.3, 0.4) is 0 Å². The third-order valence-electron chi connectivity index (χ3n) is 6.68. The minimum absolute atomic E-state index is 0.0480. The van der Waals surface area contributed by atoms with E-state index in [2.05, 4.69) is 11.8 Å². The molecule has 3 saturated heterocycles. The van der Waals surface area contributed by atoms with E-state index in [1.165, 1.54) is 19.1 Å². The highest BCUT2D eigenvalue weighted by Gasteiger charge is 2.61. The molecule has 1 spiro atoms. The summed E-state index contributed by atoms with van der Waals surface area (Å²) in [6, 6.07) is 0. The topological polar surface area (TPSA) is 49.8 Å². The van der Waals surface area contributed by atoms with E-state index in [0.717, 1.165) is 37.9 Å². The van der Waals surface area contributed by atoms with Crippen LogP contribution in [-0.2, 0) is 9.53 Å². The first kappa shape index (κ1) is 13.8. The summed E-state index contributed by atoms with van der Waals surface area (Å²) in [5.74, 6) is 1.44. The number of carbonyl (C=O) groups is 1. The molecule has 1 N–H and O–H groups in total. The van der Waals surface area contributed by atoms with Crippen molar-refractivity contribution in [1.29, 1.82) is 0 Å². The van der Waals surface area contributed by atoms with E-state index in [9.17, 15) is 9.90 Å². The first-order valence-electron chi connectivity index (χ1n) is 8.32. The molecule has 0 aromatic carbocycles. The molecule has 1 saturated carbocycles. The molecule has 5 aliphatic rings. The number of piperidine rings is 3. The van der Waals surface area contributed by atoms with Gasteiger partial charge >= 0.3 is 5.97 Å². The van der Waals surface area contributed by atoms with Crippen molar-refractivity contribution in [2.75, 3.05) is 20.2 Å². The zero-order chi connectivity index (χ0) is 14.8. The summed E-state index contributed by atoms with van der Waals surface area (Å²) in [6.45, 7) is 4.60. The van der Waals surface area contributed by atoms with Crippen LogP contribution in [0.4, 0.5) is 0 Å². The molecular formula is C17H25NO3. The lowest BCUT2D eigenvalue weighted by molar-refractivity contribution is -0.142. The van der Waals surface area contributed by atoms with Crippen molar-refractivity contribution in [3.05, 3.63) is 11.1 Å². The molecule has 21 heavy (non-hydrogen) atoms. The highest BCUT2D eigenvalue weighted by molar-refractivity contribution is 5.90. The number of methoxy groups -OCH3 is 1. The predicted molar refractivity (Wildman–Crippen MR) is 78.6 cm³/mol. The summed E-state index contributed by atoms with van der Waals surface area (Å²) in [7, 11) is 1.45. The smallest absolute Gasteiger partial charge is 0.333 e. The molecule has 2 bridgehead atoms. The van der Waals surface area contributed by atoms with Gasteiger partial charge < -0.3 is 9.84 Å². The van der Waals surface area contributed by atoms with Gasteiger partial charge in [-0.25, -0.2) is 4.79 Å². The van der Waals surface area contributed by atoms with Crippen molar-refractivity contribution < 1.29 is 14.6 Å². The zero-order valence-corrected chi connectivity index (χ0v) is 13.0. The Morgan fingerprint density at radius 1 is 1.43 bits per heavy atom. The van der Waals surface area contributed by atoms with E-state index in [-0.39, 0.29) is 11.5 Å². The summed E-state index contributed by atoms with van der Waals surface area (Å²) >= 11 is 0. The van der Waals surface area contributed by atoms with Crippen LogP contribution in [0.5, 0.6) is 0 Å². The molecule has 0 radical (unpaired) electrons. The summed E-state index contributed by atoms with van der Waals surface area (Å²) in [5, 5.41) is 10.7. The lowest BCUT2D eigenvalue weighted by Crippen LogP contribution is -2.70. The van der Waals surface area contributed by atoms with Gasteiger partial charge in [0.15, 0.2) is 0 Å². The van der Waals surface area contributed by atoms with Crippen molar-refractivity contribution >= 4 is 5.97 Å². The Balaban J connectivity index is 1.89. The normalized spacial score (nSPS) is 45.5. The van der Waals surface area contributed by atoms with Crippen LogP contribution in [0.2, 0.25) is 0 Å². The highest BCUT2D eigenvalue weighted by atomic mass is 16.5. The maximum absolute atomic E-state index is 12.2. The fraction of sp³-hybridized carbons (Fsp3) is 0.824. The van der Waals surface area contributed by atoms with Gasteiger partial charge in [0.05, 0.1) is 13.2 Å². The van der Waals surface area contributed by atoms with Crippen LogP contribution in [0, 0.1) is 17.8 Å². The first-order valence-corrected chi connectivity index (χ1v) is 8.32. The third-order valence-corrected chi connectivity index (χ3v) is 6.68. The maximum atomic E-state index is 12.2. The average Bonchev–Trinajstić information content (AvgIpc) is 2.49. The standard InChI is InChI=1S/C17H25NO3/c1-10-8-17-13-4-3-5-18(17)9-11(10)6-14(17)12(7-15(13)19)16(20)21-2/h10-11,13,15,19H,3-9H2,1-2H3/t10-,11+,13-,15-,17+/m1/s1. The van der Waals surface area contributed by atoms with Gasteiger partial charge in [0.1, 0.15) is 0 Å². The molecule has 5 rings (SSSR count). The monoisotopic (exact) mass is 291 g/mol. The molecule has 0 aromatic rings. The molecule has 3 aliphatic heterocycles. The lowest BCUT2D eigenvalue weighted by Gasteiger charge is -2.66. The molecule has 5 atom stereocenters. The fourth-order valence-corrected chi connectivity index (χ4v) is 5.77. The van der Waals surface area contributed by atoms with E-state index in [4.69, 9.17) is 4.74 Å². The quantitative estimate of drug-likeness (QED) is 0.748. The van der Waals surface area contributed by atoms with E-state index in [1.807, 2.05) is 0 Å². The second-order valence-electron chi connectivity index (χ2n) is 7.48. The molecule has 2 aliphatic carbocycles. The molecule has 0 aromatic heterocycles. The van der Waals surface area contributed by atoms with Gasteiger partial charge in [0.2, 0.25) is 0 Å². The largest absolute Gasteiger partial charge is 0.466 e. The summed E-state index contributed by atoms with van der Waals surface area (Å²) in [5.41, 5.74) is 2.05. The number of esters is 1. The van der Waals surface area contributed by atoms with E-state index in [1.54, 1.807) is 0 Å².